The Kier molecular flexibility index (Phi) is 51.6. The molecule has 9 nitrogen and oxygen atoms in total. The molecule has 10 heteroatoms. The Morgan fingerprint density at radius 1 is 0.419 bits per heavy atom. The molecule has 0 rings (SSSR count). The number of phosphoric ester groups is 1. The molecule has 1 N–H and O–H groups in total. The second-order valence-corrected chi connectivity index (χ2v) is 21.7. The van der Waals surface area contributed by atoms with Crippen LogP contribution in [0.5, 0.6) is 0 Å². The van der Waals surface area contributed by atoms with Gasteiger partial charge in [0.05, 0.1) is 27.7 Å². The smallest absolute Gasteiger partial charge is 0.462 e. The van der Waals surface area contributed by atoms with Crippen molar-refractivity contribution in [2.75, 3.05) is 47.5 Å². The maximum Gasteiger partial charge on any atom is 0.472 e. The van der Waals surface area contributed by atoms with Crippen molar-refractivity contribution in [3.63, 3.8) is 0 Å². The highest BCUT2D eigenvalue weighted by molar-refractivity contribution is 7.47. The third-order valence-electron chi connectivity index (χ3n) is 12.0. The number of unbranched alkanes of at least 4 members (excludes halogenated alkanes) is 18. The SMILES string of the molecule is CC/C=C\C/C=C\C/C=C\C/C=C\C/C=C\C/C=C\CCCCC(=O)OC(COC(=O)CCCCCCCCCCCCCCCCCC/C=C\C/C=C\C/C=C\C/C=C\CC)COP(=O)(O)OCC[N+](C)(C)C. The van der Waals surface area contributed by atoms with E-state index in [-0.39, 0.29) is 32.0 Å². The molecule has 0 amide bonds. The lowest BCUT2D eigenvalue weighted by Crippen LogP contribution is -2.37. The molecule has 2 atom stereocenters. The van der Waals surface area contributed by atoms with Crippen LogP contribution >= 0.6 is 7.82 Å². The zero-order valence-corrected chi connectivity index (χ0v) is 48.7. The third kappa shape index (κ3) is 57.7. The van der Waals surface area contributed by atoms with Gasteiger partial charge in [-0.15, -0.1) is 0 Å². The van der Waals surface area contributed by atoms with Crippen LogP contribution in [0.15, 0.2) is 122 Å². The molecule has 0 saturated carbocycles. The Morgan fingerprint density at radius 3 is 1.11 bits per heavy atom. The first kappa shape index (κ1) is 70.4. The van der Waals surface area contributed by atoms with Crippen LogP contribution in [-0.4, -0.2) is 74.9 Å². The van der Waals surface area contributed by atoms with Gasteiger partial charge in [0.25, 0.3) is 0 Å². The number of nitrogens with zero attached hydrogens (tertiary/aromatic N) is 1. The van der Waals surface area contributed by atoms with Gasteiger partial charge in [-0.1, -0.05) is 225 Å². The summed E-state index contributed by atoms with van der Waals surface area (Å²) in [6.45, 7) is 4.15. The number of allylic oxidation sites excluding steroid dienone is 20. The van der Waals surface area contributed by atoms with Gasteiger partial charge in [-0.25, -0.2) is 4.57 Å². The fourth-order valence-corrected chi connectivity index (χ4v) is 8.28. The molecule has 0 aliphatic rings. The highest BCUT2D eigenvalue weighted by Crippen LogP contribution is 2.43. The first-order valence-electron chi connectivity index (χ1n) is 29.3. The molecular weight excluding hydrogens is 942 g/mol. The van der Waals surface area contributed by atoms with Gasteiger partial charge < -0.3 is 18.9 Å². The molecule has 422 valence electrons. The molecule has 0 saturated heterocycles. The zero-order chi connectivity index (χ0) is 54.2. The number of hydrogen-bond donors (Lipinski definition) is 1. The van der Waals surface area contributed by atoms with Crippen molar-refractivity contribution in [2.45, 2.75) is 225 Å². The predicted octanol–water partition coefficient (Wildman–Crippen LogP) is 18.4. The Morgan fingerprint density at radius 2 is 0.730 bits per heavy atom. The summed E-state index contributed by atoms with van der Waals surface area (Å²) in [6, 6.07) is 0. The largest absolute Gasteiger partial charge is 0.472 e. The quantitative estimate of drug-likeness (QED) is 0.0211. The molecule has 0 radical (unpaired) electrons. The van der Waals surface area contributed by atoms with Crippen molar-refractivity contribution < 1.29 is 42.1 Å². The summed E-state index contributed by atoms with van der Waals surface area (Å²) >= 11 is 0. The van der Waals surface area contributed by atoms with Crippen LogP contribution < -0.4 is 0 Å². The van der Waals surface area contributed by atoms with Crippen LogP contribution in [0.1, 0.15) is 219 Å². The zero-order valence-electron chi connectivity index (χ0n) is 47.8. The number of likely N-dealkylation sites (N-methyl/N-ethyl adjacent to an activating group) is 1. The normalized spacial score (nSPS) is 14.2. The summed E-state index contributed by atoms with van der Waals surface area (Å²) in [4.78, 5) is 35.7. The lowest BCUT2D eigenvalue weighted by Gasteiger charge is -2.24. The summed E-state index contributed by atoms with van der Waals surface area (Å²) in [7, 11) is 1.43. The van der Waals surface area contributed by atoms with E-state index in [9.17, 15) is 19.0 Å². The minimum atomic E-state index is -4.41. The van der Waals surface area contributed by atoms with Gasteiger partial charge in [0, 0.05) is 12.8 Å². The van der Waals surface area contributed by atoms with Crippen LogP contribution in [0.2, 0.25) is 0 Å². The minimum Gasteiger partial charge on any atom is -0.462 e. The van der Waals surface area contributed by atoms with Crippen molar-refractivity contribution in [3.8, 4) is 0 Å². The molecule has 0 spiro atoms. The second-order valence-electron chi connectivity index (χ2n) is 20.3. The van der Waals surface area contributed by atoms with Crippen molar-refractivity contribution in [1.29, 1.82) is 0 Å². The summed E-state index contributed by atoms with van der Waals surface area (Å²) in [6.07, 6.45) is 77.0. The summed E-state index contributed by atoms with van der Waals surface area (Å²) in [5.41, 5.74) is 0. The van der Waals surface area contributed by atoms with E-state index in [1.165, 1.54) is 89.9 Å². The number of esters is 2. The average molecular weight is 1050 g/mol. The predicted molar refractivity (Wildman–Crippen MR) is 316 cm³/mol. The molecule has 0 bridgehead atoms. The van der Waals surface area contributed by atoms with Gasteiger partial charge in [0.15, 0.2) is 6.10 Å². The van der Waals surface area contributed by atoms with E-state index in [1.807, 2.05) is 21.1 Å². The number of rotatable bonds is 52. The van der Waals surface area contributed by atoms with Gasteiger partial charge in [-0.05, 0) is 103 Å². The van der Waals surface area contributed by atoms with E-state index < -0.39 is 26.5 Å². The van der Waals surface area contributed by atoms with Gasteiger partial charge in [0.1, 0.15) is 19.8 Å². The third-order valence-corrected chi connectivity index (χ3v) is 13.0. The van der Waals surface area contributed by atoms with Crippen LogP contribution in [0, 0.1) is 0 Å². The number of ether oxygens (including phenoxy) is 2. The first-order valence-corrected chi connectivity index (χ1v) is 30.8. The summed E-state index contributed by atoms with van der Waals surface area (Å²) in [5.74, 6) is -0.853. The standard InChI is InChI=1S/C64H108NO8P/c1-6-8-10-12-14-16-18-20-22-24-26-28-29-30-31-32-33-34-35-37-38-40-42-44-46-48-50-52-54-56-63(66)70-60-62(61-72-74(68,69)71-59-58-65(3,4)5)73-64(67)57-55-53-51-49-47-45-43-41-39-36-27-25-23-21-19-17-15-13-11-9-7-2/h8-11,14-17,20-23,26-28,36,41,43,47,49,62H,6-7,12-13,18-19,24-25,29-35,37-40,42,44-46,48,50-61H2,1-5H3/p+1/b10-8-,11-9-,16-14-,17-15-,22-20-,23-21-,28-26-,36-27-,43-41-,49-47-. The molecule has 0 aliphatic heterocycles. The lowest BCUT2D eigenvalue weighted by molar-refractivity contribution is -0.870. The van der Waals surface area contributed by atoms with Gasteiger partial charge in [-0.2, -0.15) is 0 Å². The molecular formula is C64H109NO8P+. The van der Waals surface area contributed by atoms with Gasteiger partial charge in [-0.3, -0.25) is 18.6 Å². The topological polar surface area (TPSA) is 108 Å². The molecule has 0 aromatic heterocycles. The number of quaternary nitrogens is 1. The Balaban J connectivity index is 4.20. The monoisotopic (exact) mass is 1050 g/mol. The molecule has 0 aliphatic carbocycles. The van der Waals surface area contributed by atoms with E-state index in [0.29, 0.717) is 17.4 Å². The van der Waals surface area contributed by atoms with Gasteiger partial charge in [0.2, 0.25) is 0 Å². The Bertz CT molecular complexity index is 1660. The Hall–Kier alpha value is -3.59. The molecule has 0 heterocycles. The van der Waals surface area contributed by atoms with Crippen molar-refractivity contribution in [3.05, 3.63) is 122 Å². The number of carbonyl (C=O) groups excluding carboxylic acids is 2. The van der Waals surface area contributed by atoms with Crippen LogP contribution in [-0.2, 0) is 32.7 Å². The van der Waals surface area contributed by atoms with E-state index in [2.05, 4.69) is 135 Å². The Labute approximate surface area is 454 Å². The first-order chi connectivity index (χ1) is 36.0. The van der Waals surface area contributed by atoms with E-state index in [1.54, 1.807) is 0 Å². The minimum absolute atomic E-state index is 0.0172. The molecule has 2 unspecified atom stereocenters. The number of hydrogen-bond acceptors (Lipinski definition) is 7. The average Bonchev–Trinajstić information content (AvgIpc) is 3.36. The molecule has 74 heavy (non-hydrogen) atoms. The molecule has 0 aromatic carbocycles. The maximum atomic E-state index is 12.8. The van der Waals surface area contributed by atoms with E-state index in [0.717, 1.165) is 96.3 Å². The van der Waals surface area contributed by atoms with Crippen molar-refractivity contribution in [1.82, 2.24) is 0 Å². The fourth-order valence-electron chi connectivity index (χ4n) is 7.54. The van der Waals surface area contributed by atoms with Gasteiger partial charge >= 0.3 is 19.8 Å². The highest BCUT2D eigenvalue weighted by Gasteiger charge is 2.27. The molecule has 0 fully saturated rings. The van der Waals surface area contributed by atoms with Crippen LogP contribution in [0.3, 0.4) is 0 Å². The van der Waals surface area contributed by atoms with E-state index in [4.69, 9.17) is 18.5 Å². The van der Waals surface area contributed by atoms with Crippen molar-refractivity contribution in [2.24, 2.45) is 0 Å². The van der Waals surface area contributed by atoms with E-state index >= 15 is 0 Å². The maximum absolute atomic E-state index is 12.8. The van der Waals surface area contributed by atoms with Crippen molar-refractivity contribution >= 4 is 19.8 Å². The fraction of sp³-hybridized carbons (Fsp3) is 0.656. The lowest BCUT2D eigenvalue weighted by atomic mass is 10.0. The second kappa shape index (κ2) is 54.2. The summed E-state index contributed by atoms with van der Waals surface area (Å²) in [5, 5.41) is 0. The number of phosphoric acid groups is 1. The number of carbonyl (C=O) groups is 2. The summed E-state index contributed by atoms with van der Waals surface area (Å²) < 4.78 is 34.5. The van der Waals surface area contributed by atoms with Crippen LogP contribution in [0.25, 0.3) is 0 Å². The van der Waals surface area contributed by atoms with Crippen LogP contribution in [0.4, 0.5) is 0 Å². The molecule has 0 aromatic rings. The highest BCUT2D eigenvalue weighted by atomic mass is 31.2.